The van der Waals surface area contributed by atoms with Crippen molar-refractivity contribution in [3.8, 4) is 5.75 Å². The first kappa shape index (κ1) is 11.4. The average molecular weight is 231 g/mol. The third-order valence-corrected chi connectivity index (χ3v) is 2.41. The van der Waals surface area contributed by atoms with Crippen molar-refractivity contribution in [1.29, 1.82) is 0 Å². The van der Waals surface area contributed by atoms with Gasteiger partial charge in [0.05, 0.1) is 6.61 Å². The second-order valence-corrected chi connectivity index (χ2v) is 3.64. The van der Waals surface area contributed by atoms with Crippen molar-refractivity contribution >= 4 is 24.8 Å². The van der Waals surface area contributed by atoms with Gasteiger partial charge in [-0.25, -0.2) is 0 Å². The molecule has 0 radical (unpaired) electrons. The fourth-order valence-corrected chi connectivity index (χ4v) is 1.38. The van der Waals surface area contributed by atoms with E-state index in [9.17, 15) is 5.21 Å². The summed E-state index contributed by atoms with van der Waals surface area (Å²) >= 11 is 9.04. The molecular weight excluding hydrogens is 218 g/mol. The number of ether oxygens (including phenoxy) is 1. The maximum atomic E-state index is 9.22. The van der Waals surface area contributed by atoms with Crippen molar-refractivity contribution in [3.63, 3.8) is 0 Å². The zero-order valence-electron chi connectivity index (χ0n) is 7.72. The molecule has 0 aliphatic heterocycles. The summed E-state index contributed by atoms with van der Waals surface area (Å²) in [5.41, 5.74) is 0. The first-order valence-corrected chi connectivity index (χ1v) is 5.44. The van der Waals surface area contributed by atoms with Crippen molar-refractivity contribution in [2.45, 2.75) is 12.8 Å². The number of thiol groups is 1. The lowest BCUT2D eigenvalue weighted by Crippen LogP contribution is -2.01. The van der Waals surface area contributed by atoms with E-state index in [0.29, 0.717) is 17.0 Å². The molecule has 0 atom stereocenters. The molecule has 1 rings (SSSR count). The van der Waals surface area contributed by atoms with Crippen LogP contribution in [0.2, 0.25) is 0 Å². The Morgan fingerprint density at radius 2 is 2.29 bits per heavy atom. The Balaban J connectivity index is 2.51. The first-order valence-electron chi connectivity index (χ1n) is 4.40. The van der Waals surface area contributed by atoms with Gasteiger partial charge < -0.3 is 9.94 Å². The van der Waals surface area contributed by atoms with E-state index >= 15 is 0 Å². The van der Waals surface area contributed by atoms with Crippen LogP contribution in [0.25, 0.3) is 0 Å². The lowest BCUT2D eigenvalue weighted by Gasteiger charge is -2.06. The summed E-state index contributed by atoms with van der Waals surface area (Å²) in [6, 6.07) is 3.43. The highest BCUT2D eigenvalue weighted by Crippen LogP contribution is 2.12. The fraction of sp³-hybridized carbons (Fsp3) is 0.444. The highest BCUT2D eigenvalue weighted by Gasteiger charge is 1.98. The van der Waals surface area contributed by atoms with Crippen LogP contribution in [0.15, 0.2) is 18.3 Å². The molecule has 0 amide bonds. The average Bonchev–Trinajstić information content (AvgIpc) is 2.19. The number of nitrogens with zero attached hydrogens (tertiary/aromatic N) is 1. The number of pyridine rings is 1. The maximum absolute atomic E-state index is 9.22. The second-order valence-electron chi connectivity index (χ2n) is 2.80. The molecule has 0 spiro atoms. The van der Waals surface area contributed by atoms with Gasteiger partial charge in [0.15, 0.2) is 10.4 Å². The molecule has 78 valence electrons. The van der Waals surface area contributed by atoms with Gasteiger partial charge in [-0.2, -0.15) is 17.4 Å². The van der Waals surface area contributed by atoms with Crippen LogP contribution in [0.1, 0.15) is 12.8 Å². The molecule has 0 saturated carbocycles. The Bertz CT molecular complexity index is 338. The Labute approximate surface area is 93.7 Å². The van der Waals surface area contributed by atoms with E-state index in [1.165, 1.54) is 6.20 Å². The van der Waals surface area contributed by atoms with Gasteiger partial charge in [0.2, 0.25) is 0 Å². The van der Waals surface area contributed by atoms with Crippen LogP contribution in [0, 0.1) is 4.64 Å². The minimum absolute atomic E-state index is 0.304. The Morgan fingerprint density at radius 3 is 3.00 bits per heavy atom. The predicted octanol–water partition coefficient (Wildman–Crippen LogP) is 2.54. The summed E-state index contributed by atoms with van der Waals surface area (Å²) in [5, 5.41) is 9.22. The summed E-state index contributed by atoms with van der Waals surface area (Å²) in [6.45, 7) is 0.605. The molecule has 14 heavy (non-hydrogen) atoms. The zero-order chi connectivity index (χ0) is 10.4. The number of hydrogen-bond acceptors (Lipinski definition) is 4. The smallest absolute Gasteiger partial charge is 0.184 e. The molecule has 0 aliphatic carbocycles. The van der Waals surface area contributed by atoms with Crippen LogP contribution in [-0.2, 0) is 0 Å². The zero-order valence-corrected chi connectivity index (χ0v) is 9.43. The van der Waals surface area contributed by atoms with Crippen LogP contribution < -0.4 is 4.74 Å². The van der Waals surface area contributed by atoms with Crippen molar-refractivity contribution in [3.05, 3.63) is 23.0 Å². The minimum atomic E-state index is 0.304. The monoisotopic (exact) mass is 231 g/mol. The van der Waals surface area contributed by atoms with Gasteiger partial charge in [-0.05, 0) is 30.7 Å². The summed E-state index contributed by atoms with van der Waals surface area (Å²) in [7, 11) is 0. The summed E-state index contributed by atoms with van der Waals surface area (Å²) in [5.74, 6) is 1.41. The maximum Gasteiger partial charge on any atom is 0.184 e. The van der Waals surface area contributed by atoms with E-state index < -0.39 is 0 Å². The van der Waals surface area contributed by atoms with Crippen molar-refractivity contribution in [2.24, 2.45) is 0 Å². The van der Waals surface area contributed by atoms with E-state index in [-0.39, 0.29) is 0 Å². The van der Waals surface area contributed by atoms with Crippen molar-refractivity contribution in [1.82, 2.24) is 4.73 Å². The Morgan fingerprint density at radius 1 is 1.50 bits per heavy atom. The standard InChI is InChI=1S/C9H13NO2S2/c11-10-5-3-4-8(9(10)14)12-6-1-2-7-13/h3-5,11,13H,1-2,6-7H2. The van der Waals surface area contributed by atoms with Gasteiger partial charge >= 0.3 is 0 Å². The summed E-state index contributed by atoms with van der Waals surface area (Å²) in [4.78, 5) is 0. The molecule has 3 nitrogen and oxygen atoms in total. The molecule has 1 aromatic heterocycles. The van der Waals surface area contributed by atoms with Gasteiger partial charge in [-0.1, -0.05) is 12.2 Å². The number of hydrogen-bond donors (Lipinski definition) is 2. The molecule has 0 unspecified atom stereocenters. The molecule has 1 heterocycles. The molecule has 0 bridgehead atoms. The van der Waals surface area contributed by atoms with E-state index in [0.717, 1.165) is 23.3 Å². The normalized spacial score (nSPS) is 10.1. The predicted molar refractivity (Wildman–Crippen MR) is 61.0 cm³/mol. The summed E-state index contributed by atoms with van der Waals surface area (Å²) in [6.07, 6.45) is 3.43. The molecule has 0 aliphatic rings. The van der Waals surface area contributed by atoms with Gasteiger partial charge in [0.25, 0.3) is 0 Å². The highest BCUT2D eigenvalue weighted by molar-refractivity contribution is 7.80. The minimum Gasteiger partial charge on any atom is -0.490 e. The number of aromatic nitrogens is 1. The fourth-order valence-electron chi connectivity index (χ4n) is 0.970. The third kappa shape index (κ3) is 3.23. The van der Waals surface area contributed by atoms with Gasteiger partial charge in [-0.15, -0.1) is 0 Å². The first-order chi connectivity index (χ1) is 6.75. The lowest BCUT2D eigenvalue weighted by molar-refractivity contribution is 0.174. The number of rotatable bonds is 5. The second kappa shape index (κ2) is 5.93. The van der Waals surface area contributed by atoms with Crippen LogP contribution in [0.3, 0.4) is 0 Å². The third-order valence-electron chi connectivity index (χ3n) is 1.70. The van der Waals surface area contributed by atoms with E-state index in [1.54, 1.807) is 12.1 Å². The van der Waals surface area contributed by atoms with Crippen molar-refractivity contribution in [2.75, 3.05) is 12.4 Å². The SMILES string of the molecule is On1cccc(OCCCCS)c1=S. The number of unbranched alkanes of at least 4 members (excludes halogenated alkanes) is 1. The lowest BCUT2D eigenvalue weighted by atomic mass is 10.3. The van der Waals surface area contributed by atoms with Crippen LogP contribution >= 0.6 is 24.8 Å². The molecule has 0 fully saturated rings. The Kier molecular flexibility index (Phi) is 4.82. The van der Waals surface area contributed by atoms with Crippen LogP contribution in [0.5, 0.6) is 5.75 Å². The van der Waals surface area contributed by atoms with Crippen molar-refractivity contribution < 1.29 is 9.94 Å². The van der Waals surface area contributed by atoms with Crippen LogP contribution in [0.4, 0.5) is 0 Å². The molecule has 0 aromatic carbocycles. The quantitative estimate of drug-likeness (QED) is 0.354. The molecule has 5 heteroatoms. The highest BCUT2D eigenvalue weighted by atomic mass is 32.1. The topological polar surface area (TPSA) is 34.4 Å². The van der Waals surface area contributed by atoms with Gasteiger partial charge in [-0.3, -0.25) is 0 Å². The summed E-state index contributed by atoms with van der Waals surface area (Å²) < 4.78 is 6.58. The van der Waals surface area contributed by atoms with Gasteiger partial charge in [0.1, 0.15) is 0 Å². The van der Waals surface area contributed by atoms with E-state index in [2.05, 4.69) is 12.6 Å². The van der Waals surface area contributed by atoms with Crippen LogP contribution in [-0.4, -0.2) is 22.3 Å². The van der Waals surface area contributed by atoms with E-state index in [4.69, 9.17) is 17.0 Å². The molecular formula is C9H13NO2S2. The Hall–Kier alpha value is -0.680. The van der Waals surface area contributed by atoms with Gasteiger partial charge in [0, 0.05) is 6.20 Å². The molecule has 1 N–H and O–H groups in total. The largest absolute Gasteiger partial charge is 0.490 e. The van der Waals surface area contributed by atoms with E-state index in [1.807, 2.05) is 0 Å². The molecule has 0 saturated heterocycles. The molecule has 1 aromatic rings.